The number of halogens is 2. The maximum Gasteiger partial charge on any atom is 0.231 e. The molecule has 2 aromatic rings. The number of benzene rings is 1. The lowest BCUT2D eigenvalue weighted by Crippen LogP contribution is -1.93. The standard InChI is InChI=1S/C12H10BrClN2OS/c1-17-11-9(13)6-15-12(16-11)18-7-8-4-2-3-5-10(8)14/h2-6H,7H2,1H3. The Morgan fingerprint density at radius 2 is 2.17 bits per heavy atom. The van der Waals surface area contributed by atoms with Gasteiger partial charge >= 0.3 is 0 Å². The van der Waals surface area contributed by atoms with Crippen LogP contribution in [0, 0.1) is 0 Å². The van der Waals surface area contributed by atoms with Gasteiger partial charge in [0.25, 0.3) is 0 Å². The second-order valence-corrected chi connectivity index (χ2v) is 5.59. The van der Waals surface area contributed by atoms with Gasteiger partial charge in [0, 0.05) is 17.0 Å². The molecule has 0 bridgehead atoms. The first-order chi connectivity index (χ1) is 8.70. The van der Waals surface area contributed by atoms with Crippen LogP contribution in [-0.2, 0) is 5.75 Å². The summed E-state index contributed by atoms with van der Waals surface area (Å²) >= 11 is 10.9. The van der Waals surface area contributed by atoms with Crippen LogP contribution >= 0.6 is 39.3 Å². The summed E-state index contributed by atoms with van der Waals surface area (Å²) in [6, 6.07) is 7.74. The Kier molecular flexibility index (Phi) is 4.86. The fraction of sp³-hybridized carbons (Fsp3) is 0.167. The van der Waals surface area contributed by atoms with Crippen LogP contribution in [0.25, 0.3) is 0 Å². The van der Waals surface area contributed by atoms with Crippen molar-refractivity contribution < 1.29 is 4.74 Å². The highest BCUT2D eigenvalue weighted by atomic mass is 79.9. The Balaban J connectivity index is 2.09. The van der Waals surface area contributed by atoms with Gasteiger partial charge in [0.15, 0.2) is 5.16 Å². The summed E-state index contributed by atoms with van der Waals surface area (Å²) < 4.78 is 5.87. The smallest absolute Gasteiger partial charge is 0.231 e. The van der Waals surface area contributed by atoms with Crippen molar-refractivity contribution in [3.8, 4) is 5.88 Å². The lowest BCUT2D eigenvalue weighted by Gasteiger charge is -2.05. The molecule has 0 unspecified atom stereocenters. The van der Waals surface area contributed by atoms with Crippen LogP contribution in [0.5, 0.6) is 5.88 Å². The molecule has 0 saturated carbocycles. The predicted octanol–water partition coefficient (Wildman–Crippen LogP) is 4.19. The third-order valence-electron chi connectivity index (χ3n) is 2.20. The van der Waals surface area contributed by atoms with E-state index in [0.717, 1.165) is 20.8 Å². The highest BCUT2D eigenvalue weighted by molar-refractivity contribution is 9.10. The molecule has 0 aliphatic rings. The lowest BCUT2D eigenvalue weighted by atomic mass is 10.2. The van der Waals surface area contributed by atoms with E-state index in [-0.39, 0.29) is 0 Å². The van der Waals surface area contributed by atoms with Crippen molar-refractivity contribution in [2.45, 2.75) is 10.9 Å². The van der Waals surface area contributed by atoms with Gasteiger partial charge in [-0.05, 0) is 27.6 Å². The van der Waals surface area contributed by atoms with E-state index in [4.69, 9.17) is 16.3 Å². The van der Waals surface area contributed by atoms with E-state index >= 15 is 0 Å². The fourth-order valence-electron chi connectivity index (χ4n) is 1.31. The summed E-state index contributed by atoms with van der Waals surface area (Å²) in [7, 11) is 1.58. The molecule has 0 radical (unpaired) electrons. The highest BCUT2D eigenvalue weighted by Crippen LogP contribution is 2.27. The summed E-state index contributed by atoms with van der Waals surface area (Å²) in [4.78, 5) is 8.49. The van der Waals surface area contributed by atoms with Gasteiger partial charge in [-0.15, -0.1) is 0 Å². The molecule has 1 aromatic carbocycles. The van der Waals surface area contributed by atoms with E-state index in [2.05, 4.69) is 25.9 Å². The molecule has 6 heteroatoms. The van der Waals surface area contributed by atoms with Crippen molar-refractivity contribution in [3.63, 3.8) is 0 Å². The van der Waals surface area contributed by atoms with Gasteiger partial charge in [0.05, 0.1) is 11.6 Å². The average molecular weight is 346 g/mol. The molecule has 0 aliphatic carbocycles. The Morgan fingerprint density at radius 3 is 2.89 bits per heavy atom. The molecular formula is C12H10BrClN2OS. The zero-order valence-electron chi connectivity index (χ0n) is 9.56. The zero-order chi connectivity index (χ0) is 13.0. The van der Waals surface area contributed by atoms with Crippen LogP contribution in [-0.4, -0.2) is 17.1 Å². The van der Waals surface area contributed by atoms with E-state index in [9.17, 15) is 0 Å². The van der Waals surface area contributed by atoms with Crippen molar-refractivity contribution in [3.05, 3.63) is 45.5 Å². The number of nitrogens with zero attached hydrogens (tertiary/aromatic N) is 2. The lowest BCUT2D eigenvalue weighted by molar-refractivity contribution is 0.389. The van der Waals surface area contributed by atoms with Gasteiger partial charge in [-0.1, -0.05) is 41.6 Å². The minimum absolute atomic E-state index is 0.534. The number of thioether (sulfide) groups is 1. The van der Waals surface area contributed by atoms with Crippen LogP contribution in [0.4, 0.5) is 0 Å². The first-order valence-corrected chi connectivity index (χ1v) is 7.29. The quantitative estimate of drug-likeness (QED) is 0.614. The van der Waals surface area contributed by atoms with E-state index < -0.39 is 0 Å². The molecular weight excluding hydrogens is 336 g/mol. The first kappa shape index (κ1) is 13.6. The van der Waals surface area contributed by atoms with Gasteiger partial charge in [-0.2, -0.15) is 4.98 Å². The maximum atomic E-state index is 6.09. The summed E-state index contributed by atoms with van der Waals surface area (Å²) in [5, 5.41) is 1.42. The van der Waals surface area contributed by atoms with Crippen molar-refractivity contribution in [2.24, 2.45) is 0 Å². The van der Waals surface area contributed by atoms with Crippen LogP contribution in [0.15, 0.2) is 40.1 Å². The van der Waals surface area contributed by atoms with Gasteiger partial charge in [-0.25, -0.2) is 4.98 Å². The monoisotopic (exact) mass is 344 g/mol. The van der Waals surface area contributed by atoms with E-state index in [1.807, 2.05) is 24.3 Å². The minimum Gasteiger partial charge on any atom is -0.480 e. The Morgan fingerprint density at radius 1 is 1.39 bits per heavy atom. The minimum atomic E-state index is 0.534. The number of hydrogen-bond acceptors (Lipinski definition) is 4. The van der Waals surface area contributed by atoms with E-state index in [1.54, 1.807) is 13.3 Å². The van der Waals surface area contributed by atoms with Crippen molar-refractivity contribution in [1.29, 1.82) is 0 Å². The molecule has 0 aliphatic heterocycles. The fourth-order valence-corrected chi connectivity index (χ4v) is 2.75. The van der Waals surface area contributed by atoms with Gasteiger partial charge in [0.1, 0.15) is 0 Å². The zero-order valence-corrected chi connectivity index (χ0v) is 12.7. The molecule has 3 nitrogen and oxygen atoms in total. The number of aromatic nitrogens is 2. The summed E-state index contributed by atoms with van der Waals surface area (Å²) in [5.41, 5.74) is 1.06. The molecule has 2 rings (SSSR count). The molecule has 1 aromatic heterocycles. The third kappa shape index (κ3) is 3.37. The molecule has 0 atom stereocenters. The summed E-state index contributed by atoms with van der Waals surface area (Å²) in [6.07, 6.45) is 1.68. The van der Waals surface area contributed by atoms with Crippen LogP contribution < -0.4 is 4.74 Å². The van der Waals surface area contributed by atoms with Gasteiger partial charge in [0.2, 0.25) is 5.88 Å². The number of rotatable bonds is 4. The van der Waals surface area contributed by atoms with Crippen LogP contribution in [0.3, 0.4) is 0 Å². The third-order valence-corrected chi connectivity index (χ3v) is 4.02. The molecule has 1 heterocycles. The van der Waals surface area contributed by atoms with E-state index in [1.165, 1.54) is 11.8 Å². The Bertz CT molecular complexity index is 553. The molecule has 0 amide bonds. The molecule has 0 fully saturated rings. The first-order valence-electron chi connectivity index (χ1n) is 5.13. The molecule has 94 valence electrons. The van der Waals surface area contributed by atoms with Crippen molar-refractivity contribution >= 4 is 39.3 Å². The second kappa shape index (κ2) is 6.41. The number of methoxy groups -OCH3 is 1. The number of hydrogen-bond donors (Lipinski definition) is 0. The highest BCUT2D eigenvalue weighted by Gasteiger charge is 2.07. The maximum absolute atomic E-state index is 6.09. The largest absolute Gasteiger partial charge is 0.480 e. The van der Waals surface area contributed by atoms with Crippen LogP contribution in [0.1, 0.15) is 5.56 Å². The number of ether oxygens (including phenoxy) is 1. The normalized spacial score (nSPS) is 10.4. The SMILES string of the molecule is COc1nc(SCc2ccccc2Cl)ncc1Br. The van der Waals surface area contributed by atoms with Gasteiger partial charge < -0.3 is 4.74 Å². The summed E-state index contributed by atoms with van der Waals surface area (Å²) in [6.45, 7) is 0. The molecule has 0 N–H and O–H groups in total. The predicted molar refractivity (Wildman–Crippen MR) is 77.3 cm³/mol. The molecule has 18 heavy (non-hydrogen) atoms. The molecule has 0 saturated heterocycles. The molecule has 0 spiro atoms. The van der Waals surface area contributed by atoms with E-state index in [0.29, 0.717) is 11.0 Å². The van der Waals surface area contributed by atoms with Gasteiger partial charge in [-0.3, -0.25) is 0 Å². The second-order valence-electron chi connectivity index (χ2n) is 3.39. The van der Waals surface area contributed by atoms with Crippen molar-refractivity contribution in [1.82, 2.24) is 9.97 Å². The Hall–Kier alpha value is -0.780. The Labute approximate surface area is 123 Å². The average Bonchev–Trinajstić information content (AvgIpc) is 2.39. The van der Waals surface area contributed by atoms with Crippen LogP contribution in [0.2, 0.25) is 5.02 Å². The summed E-state index contributed by atoms with van der Waals surface area (Å²) in [5.74, 6) is 1.26. The van der Waals surface area contributed by atoms with Crippen molar-refractivity contribution in [2.75, 3.05) is 7.11 Å². The topological polar surface area (TPSA) is 35.0 Å².